The van der Waals surface area contributed by atoms with Crippen molar-refractivity contribution in [3.63, 3.8) is 0 Å². The molecule has 5 aliphatic rings. The number of hydrogen-bond donors (Lipinski definition) is 0. The summed E-state index contributed by atoms with van der Waals surface area (Å²) in [6, 6.07) is 17.6. The van der Waals surface area contributed by atoms with Crippen molar-refractivity contribution in [3.05, 3.63) is 100 Å². The van der Waals surface area contributed by atoms with Crippen molar-refractivity contribution in [1.29, 1.82) is 0 Å². The normalized spacial score (nSPS) is 29.9. The Balaban J connectivity index is 1.46. The van der Waals surface area contributed by atoms with Crippen LogP contribution in [0.3, 0.4) is 0 Å². The van der Waals surface area contributed by atoms with Crippen LogP contribution in [0.2, 0.25) is 0 Å². The number of nitrogens with zero attached hydrogens (tertiary/aromatic N) is 1. The van der Waals surface area contributed by atoms with Crippen molar-refractivity contribution < 1.29 is 27.0 Å². The molecule has 7 rings (SSSR count). The molecule has 2 aromatic carbocycles. The van der Waals surface area contributed by atoms with Crippen molar-refractivity contribution in [3.8, 4) is 0 Å². The van der Waals surface area contributed by atoms with E-state index >= 15 is 17.6 Å². The number of halogens is 4. The second kappa shape index (κ2) is 9.27. The average Bonchev–Trinajstić information content (AvgIpc) is 3.72. The maximum Gasteiger partial charge on any atom is 0.371 e. The van der Waals surface area contributed by atoms with Crippen LogP contribution in [-0.2, 0) is 9.47 Å². The number of fused-ring (bicyclic) bond motifs is 5. The highest BCUT2D eigenvalue weighted by Crippen LogP contribution is 2.75. The Morgan fingerprint density at radius 3 is 1.74 bits per heavy atom. The zero-order valence-corrected chi connectivity index (χ0v) is 25.4. The summed E-state index contributed by atoms with van der Waals surface area (Å²) in [5.74, 6) is -11.9. The molecule has 0 N–H and O–H groups in total. The highest BCUT2D eigenvalue weighted by Gasteiger charge is 2.84. The SMILES string of the molecule is CCN(CC)c1ccc(C2=CC3=C4C(=C5C=C(c6ccccc6)SC5(C)C3(C)S2)C(F)(F)C(F)(F)C42OCCO2)cc1. The Hall–Kier alpha value is -2.46. The fourth-order valence-electron chi connectivity index (χ4n) is 6.98. The van der Waals surface area contributed by atoms with Gasteiger partial charge in [-0.15, -0.1) is 23.5 Å². The first-order chi connectivity index (χ1) is 19.9. The van der Waals surface area contributed by atoms with Gasteiger partial charge in [-0.3, -0.25) is 0 Å². The minimum absolute atomic E-state index is 0.185. The number of ether oxygens (including phenoxy) is 2. The molecule has 220 valence electrons. The van der Waals surface area contributed by atoms with Gasteiger partial charge in [0.1, 0.15) is 0 Å². The number of allylic oxidation sites excluding steroid dienone is 2. The first-order valence-electron chi connectivity index (χ1n) is 14.2. The van der Waals surface area contributed by atoms with E-state index in [0.717, 1.165) is 39.7 Å². The number of rotatable bonds is 5. The summed E-state index contributed by atoms with van der Waals surface area (Å²) >= 11 is 3.00. The lowest BCUT2D eigenvalue weighted by atomic mass is 9.71. The smallest absolute Gasteiger partial charge is 0.371 e. The first-order valence-corrected chi connectivity index (χ1v) is 15.8. The lowest BCUT2D eigenvalue weighted by molar-refractivity contribution is -0.309. The van der Waals surface area contributed by atoms with E-state index < -0.39 is 32.7 Å². The molecule has 3 heterocycles. The fourth-order valence-corrected chi connectivity index (χ4v) is 10.1. The van der Waals surface area contributed by atoms with Gasteiger partial charge >= 0.3 is 11.8 Å². The van der Waals surface area contributed by atoms with E-state index in [1.54, 1.807) is 17.8 Å². The van der Waals surface area contributed by atoms with E-state index in [9.17, 15) is 0 Å². The molecule has 0 radical (unpaired) electrons. The van der Waals surface area contributed by atoms with Gasteiger partial charge in [-0.25, -0.2) is 0 Å². The van der Waals surface area contributed by atoms with Crippen LogP contribution in [0.1, 0.15) is 38.8 Å². The highest BCUT2D eigenvalue weighted by molar-refractivity contribution is 8.14. The van der Waals surface area contributed by atoms with Crippen molar-refractivity contribution in [2.45, 2.75) is 54.8 Å². The zero-order chi connectivity index (χ0) is 29.7. The number of anilines is 1. The van der Waals surface area contributed by atoms with Crippen LogP contribution in [-0.4, -0.2) is 53.4 Å². The standard InChI is InChI=1S/C33H31F4NO2S2/c1-5-38(6-2)22-14-12-21(13-15-22)26-19-24-28-27(31(34,35)33(36,37)32(28)39-16-17-40-32)23-18-25(20-10-8-7-9-11-20)41-29(23,3)30(24,4)42-26/h7-15,18-19H,5-6,16-17H2,1-4H3. The van der Waals surface area contributed by atoms with Crippen LogP contribution in [0.4, 0.5) is 23.2 Å². The van der Waals surface area contributed by atoms with Gasteiger partial charge in [0.2, 0.25) is 0 Å². The zero-order valence-electron chi connectivity index (χ0n) is 23.8. The maximum absolute atomic E-state index is 16.2. The van der Waals surface area contributed by atoms with Gasteiger partial charge in [0.05, 0.1) is 22.7 Å². The molecule has 2 aliphatic carbocycles. The quantitative estimate of drug-likeness (QED) is 0.314. The molecule has 1 saturated heterocycles. The molecule has 2 aromatic rings. The van der Waals surface area contributed by atoms with Gasteiger partial charge < -0.3 is 14.4 Å². The summed E-state index contributed by atoms with van der Waals surface area (Å²) in [7, 11) is 0. The summed E-state index contributed by atoms with van der Waals surface area (Å²) in [4.78, 5) is 3.85. The van der Waals surface area contributed by atoms with E-state index in [0.29, 0.717) is 5.57 Å². The molecule has 3 nitrogen and oxygen atoms in total. The second-order valence-electron chi connectivity index (χ2n) is 11.4. The lowest BCUT2D eigenvalue weighted by Gasteiger charge is -2.47. The van der Waals surface area contributed by atoms with Crippen molar-refractivity contribution >= 4 is 39.0 Å². The highest BCUT2D eigenvalue weighted by atomic mass is 32.2. The second-order valence-corrected chi connectivity index (χ2v) is 14.3. The molecule has 0 aromatic heterocycles. The molecule has 2 fully saturated rings. The van der Waals surface area contributed by atoms with Crippen LogP contribution in [0.15, 0.2) is 89.0 Å². The average molecular weight is 614 g/mol. The summed E-state index contributed by atoms with van der Waals surface area (Å²) in [5.41, 5.74) is 2.62. The third kappa shape index (κ3) is 3.39. The lowest BCUT2D eigenvalue weighted by Crippen LogP contribution is -2.53. The van der Waals surface area contributed by atoms with Crippen LogP contribution in [0.25, 0.3) is 9.81 Å². The summed E-state index contributed by atoms with van der Waals surface area (Å²) in [6.45, 7) is 9.46. The summed E-state index contributed by atoms with van der Waals surface area (Å²) < 4.78 is 73.8. The Bertz CT molecular complexity index is 1590. The van der Waals surface area contributed by atoms with Crippen LogP contribution >= 0.6 is 23.5 Å². The number of benzene rings is 2. The molecule has 0 amide bonds. The van der Waals surface area contributed by atoms with E-state index in [1.165, 1.54) is 11.8 Å². The van der Waals surface area contributed by atoms with Gasteiger partial charge in [-0.1, -0.05) is 42.5 Å². The Labute approximate surface area is 251 Å². The molecule has 0 bridgehead atoms. The molecular weight excluding hydrogens is 582 g/mol. The van der Waals surface area contributed by atoms with Crippen molar-refractivity contribution in [2.75, 3.05) is 31.2 Å². The van der Waals surface area contributed by atoms with E-state index in [2.05, 4.69) is 18.7 Å². The van der Waals surface area contributed by atoms with Crippen LogP contribution in [0, 0.1) is 0 Å². The van der Waals surface area contributed by atoms with Gasteiger partial charge in [-0.05, 0) is 74.3 Å². The molecule has 9 heteroatoms. The van der Waals surface area contributed by atoms with Gasteiger partial charge in [-0.2, -0.15) is 17.6 Å². The van der Waals surface area contributed by atoms with Crippen LogP contribution < -0.4 is 4.90 Å². The molecule has 3 aliphatic heterocycles. The molecule has 1 saturated carbocycles. The van der Waals surface area contributed by atoms with Gasteiger partial charge in [0.25, 0.3) is 5.79 Å². The predicted molar refractivity (Wildman–Crippen MR) is 163 cm³/mol. The number of alkyl halides is 4. The largest absolute Gasteiger partial charge is 0.372 e. The Morgan fingerprint density at radius 2 is 1.21 bits per heavy atom. The minimum atomic E-state index is -4.59. The number of thioether (sulfide) groups is 2. The molecule has 1 spiro atoms. The Morgan fingerprint density at radius 1 is 0.714 bits per heavy atom. The van der Waals surface area contributed by atoms with Crippen molar-refractivity contribution in [1.82, 2.24) is 0 Å². The van der Waals surface area contributed by atoms with Gasteiger partial charge in [0, 0.05) is 39.7 Å². The molecule has 2 unspecified atom stereocenters. The van der Waals surface area contributed by atoms with Crippen molar-refractivity contribution in [2.24, 2.45) is 0 Å². The fraction of sp³-hybridized carbons (Fsp3) is 0.394. The monoisotopic (exact) mass is 613 g/mol. The third-order valence-corrected chi connectivity index (χ3v) is 12.7. The topological polar surface area (TPSA) is 21.7 Å². The van der Waals surface area contributed by atoms with E-state index in [4.69, 9.17) is 9.47 Å². The maximum atomic E-state index is 16.2. The summed E-state index contributed by atoms with van der Waals surface area (Å²) in [5, 5.41) is 0. The van der Waals surface area contributed by atoms with E-state index in [-0.39, 0.29) is 24.4 Å². The minimum Gasteiger partial charge on any atom is -0.372 e. The number of hydrogen-bond acceptors (Lipinski definition) is 5. The third-order valence-electron chi connectivity index (χ3n) is 9.39. The predicted octanol–water partition coefficient (Wildman–Crippen LogP) is 8.56. The molecular formula is C33H31F4NO2S2. The van der Waals surface area contributed by atoms with Crippen LogP contribution in [0.5, 0.6) is 0 Å². The molecule has 2 atom stereocenters. The Kier molecular flexibility index (Phi) is 6.25. The first kappa shape index (κ1) is 28.3. The molecule has 42 heavy (non-hydrogen) atoms. The summed E-state index contributed by atoms with van der Waals surface area (Å²) in [6.07, 6.45) is 3.51. The van der Waals surface area contributed by atoms with E-state index in [1.807, 2.05) is 74.5 Å². The van der Waals surface area contributed by atoms with Gasteiger partial charge in [0.15, 0.2) is 0 Å².